The Hall–Kier alpha value is -1.25. The van der Waals surface area contributed by atoms with Gasteiger partial charge in [0.25, 0.3) is 0 Å². The highest BCUT2D eigenvalue weighted by atomic mass is 16.1. The largest absolute Gasteiger partial charge is 0.368 e. The number of carbonyl (C=O) groups is 1. The number of carbonyl (C=O) groups excluding carboxylic acids is 1. The summed E-state index contributed by atoms with van der Waals surface area (Å²) in [6, 6.07) is 0. The predicted octanol–water partition coefficient (Wildman–Crippen LogP) is -0.0735. The first kappa shape index (κ1) is 6.86. The van der Waals surface area contributed by atoms with E-state index in [1.54, 1.807) is 6.08 Å². The number of rotatable bonds is 1. The van der Waals surface area contributed by atoms with Crippen LogP contribution in [0.1, 0.15) is 6.92 Å². The van der Waals surface area contributed by atoms with Crippen LogP contribution in [0.5, 0.6) is 0 Å². The van der Waals surface area contributed by atoms with Gasteiger partial charge in [0.2, 0.25) is 5.91 Å². The summed E-state index contributed by atoms with van der Waals surface area (Å²) in [5, 5.41) is 5.57. The lowest BCUT2D eigenvalue weighted by molar-refractivity contribution is -0.118. The van der Waals surface area contributed by atoms with Crippen LogP contribution in [0.15, 0.2) is 18.0 Å². The standard InChI is InChI=1S/C7H9N2O/c1-6(10)9-7-4-2-3-5-8-7/h3-4,8H,5H2,1H3,(H,9,10). The molecule has 1 amide bonds. The molecule has 0 atom stereocenters. The predicted molar refractivity (Wildman–Crippen MR) is 37.7 cm³/mol. The second-order valence-electron chi connectivity index (χ2n) is 1.99. The van der Waals surface area contributed by atoms with Crippen molar-refractivity contribution >= 4 is 5.91 Å². The van der Waals surface area contributed by atoms with Crippen molar-refractivity contribution in [2.75, 3.05) is 6.54 Å². The molecular formula is C7H9N2O. The molecule has 3 nitrogen and oxygen atoms in total. The number of dihydropyridines is 1. The van der Waals surface area contributed by atoms with Gasteiger partial charge in [-0.2, -0.15) is 0 Å². The maximum absolute atomic E-state index is 10.5. The van der Waals surface area contributed by atoms with Crippen molar-refractivity contribution in [3.8, 4) is 0 Å². The quantitative estimate of drug-likeness (QED) is 0.531. The molecule has 1 heterocycles. The smallest absolute Gasteiger partial charge is 0.222 e. The SMILES string of the molecule is CC(=O)NC1=C[C]=CCN1. The van der Waals surface area contributed by atoms with E-state index in [0.717, 1.165) is 12.4 Å². The zero-order chi connectivity index (χ0) is 7.40. The van der Waals surface area contributed by atoms with Crippen LogP contribution < -0.4 is 10.6 Å². The van der Waals surface area contributed by atoms with Gasteiger partial charge in [-0.1, -0.05) is 6.08 Å². The van der Waals surface area contributed by atoms with Crippen LogP contribution in [0, 0.1) is 6.08 Å². The molecule has 0 aromatic rings. The van der Waals surface area contributed by atoms with Crippen LogP contribution in [0.3, 0.4) is 0 Å². The molecule has 0 saturated heterocycles. The monoisotopic (exact) mass is 137 g/mol. The molecule has 0 bridgehead atoms. The lowest BCUT2D eigenvalue weighted by Gasteiger charge is -2.10. The Labute approximate surface area is 59.8 Å². The van der Waals surface area contributed by atoms with Crippen LogP contribution in [-0.4, -0.2) is 12.5 Å². The van der Waals surface area contributed by atoms with Gasteiger partial charge in [-0.15, -0.1) is 0 Å². The lowest BCUT2D eigenvalue weighted by Crippen LogP contribution is -2.30. The van der Waals surface area contributed by atoms with Gasteiger partial charge in [0.05, 0.1) is 0 Å². The van der Waals surface area contributed by atoms with E-state index in [9.17, 15) is 4.79 Å². The maximum Gasteiger partial charge on any atom is 0.222 e. The van der Waals surface area contributed by atoms with Gasteiger partial charge < -0.3 is 10.6 Å². The van der Waals surface area contributed by atoms with Gasteiger partial charge >= 0.3 is 0 Å². The zero-order valence-electron chi connectivity index (χ0n) is 5.77. The van der Waals surface area contributed by atoms with Crippen molar-refractivity contribution in [2.45, 2.75) is 6.92 Å². The van der Waals surface area contributed by atoms with E-state index >= 15 is 0 Å². The molecule has 1 aliphatic heterocycles. The molecular weight excluding hydrogens is 128 g/mol. The Morgan fingerprint density at radius 2 is 2.70 bits per heavy atom. The fourth-order valence-corrected chi connectivity index (χ4v) is 0.683. The first-order valence-electron chi connectivity index (χ1n) is 3.08. The highest BCUT2D eigenvalue weighted by Gasteiger charge is 1.97. The number of allylic oxidation sites excluding steroid dienone is 2. The van der Waals surface area contributed by atoms with E-state index in [1.165, 1.54) is 6.92 Å². The van der Waals surface area contributed by atoms with E-state index in [1.807, 2.05) is 6.08 Å². The number of nitrogens with one attached hydrogen (secondary N) is 2. The zero-order valence-corrected chi connectivity index (χ0v) is 5.77. The summed E-state index contributed by atoms with van der Waals surface area (Å²) in [4.78, 5) is 10.5. The molecule has 1 radical (unpaired) electrons. The second-order valence-corrected chi connectivity index (χ2v) is 1.99. The summed E-state index contributed by atoms with van der Waals surface area (Å²) in [5.74, 6) is 0.650. The van der Waals surface area contributed by atoms with Gasteiger partial charge in [0, 0.05) is 13.5 Å². The summed E-state index contributed by atoms with van der Waals surface area (Å²) in [5.41, 5.74) is 0. The molecule has 0 aromatic heterocycles. The van der Waals surface area contributed by atoms with Crippen LogP contribution in [0.4, 0.5) is 0 Å². The Morgan fingerprint density at radius 3 is 3.20 bits per heavy atom. The molecule has 0 spiro atoms. The van der Waals surface area contributed by atoms with Crippen molar-refractivity contribution in [3.63, 3.8) is 0 Å². The highest BCUT2D eigenvalue weighted by Crippen LogP contribution is 1.89. The number of amides is 1. The molecule has 0 fully saturated rings. The molecule has 0 aliphatic carbocycles. The Morgan fingerprint density at radius 1 is 1.90 bits per heavy atom. The van der Waals surface area contributed by atoms with Crippen molar-refractivity contribution in [1.82, 2.24) is 10.6 Å². The molecule has 1 rings (SSSR count). The summed E-state index contributed by atoms with van der Waals surface area (Å²) >= 11 is 0. The summed E-state index contributed by atoms with van der Waals surface area (Å²) in [7, 11) is 0. The lowest BCUT2D eigenvalue weighted by atomic mass is 10.3. The Bertz CT molecular complexity index is 194. The molecule has 0 saturated carbocycles. The van der Waals surface area contributed by atoms with E-state index < -0.39 is 0 Å². The minimum Gasteiger partial charge on any atom is -0.368 e. The molecule has 10 heavy (non-hydrogen) atoms. The third-order valence-electron chi connectivity index (χ3n) is 1.05. The third kappa shape index (κ3) is 1.93. The van der Waals surface area contributed by atoms with Gasteiger partial charge in [0.15, 0.2) is 0 Å². The van der Waals surface area contributed by atoms with E-state index in [2.05, 4.69) is 16.7 Å². The summed E-state index contributed by atoms with van der Waals surface area (Å²) < 4.78 is 0. The van der Waals surface area contributed by atoms with Crippen molar-refractivity contribution in [1.29, 1.82) is 0 Å². The average molecular weight is 137 g/mol. The van der Waals surface area contributed by atoms with Gasteiger partial charge in [-0.05, 0) is 12.2 Å². The first-order valence-corrected chi connectivity index (χ1v) is 3.08. The van der Waals surface area contributed by atoms with Crippen LogP contribution in [0.2, 0.25) is 0 Å². The Kier molecular flexibility index (Phi) is 2.10. The van der Waals surface area contributed by atoms with E-state index in [-0.39, 0.29) is 5.91 Å². The average Bonchev–Trinajstić information content (AvgIpc) is 1.88. The van der Waals surface area contributed by atoms with Gasteiger partial charge in [-0.3, -0.25) is 4.79 Å². The molecule has 1 aliphatic rings. The van der Waals surface area contributed by atoms with Crippen molar-refractivity contribution in [3.05, 3.63) is 24.0 Å². The van der Waals surface area contributed by atoms with Gasteiger partial charge in [0.1, 0.15) is 5.82 Å². The topological polar surface area (TPSA) is 41.1 Å². The molecule has 2 N–H and O–H groups in total. The fourth-order valence-electron chi connectivity index (χ4n) is 0.683. The maximum atomic E-state index is 10.5. The third-order valence-corrected chi connectivity index (χ3v) is 1.05. The fraction of sp³-hybridized carbons (Fsp3) is 0.286. The summed E-state index contributed by atoms with van der Waals surface area (Å²) in [6.45, 7) is 2.20. The molecule has 3 heteroatoms. The second kappa shape index (κ2) is 3.06. The Balaban J connectivity index is 2.47. The van der Waals surface area contributed by atoms with E-state index in [4.69, 9.17) is 0 Å². The first-order chi connectivity index (χ1) is 4.79. The van der Waals surface area contributed by atoms with Crippen molar-refractivity contribution < 1.29 is 4.79 Å². The molecule has 0 unspecified atom stereocenters. The molecule has 0 aromatic carbocycles. The van der Waals surface area contributed by atoms with Crippen molar-refractivity contribution in [2.24, 2.45) is 0 Å². The summed E-state index contributed by atoms with van der Waals surface area (Å²) in [6.07, 6.45) is 6.43. The number of hydrogen-bond acceptors (Lipinski definition) is 2. The molecule has 53 valence electrons. The van der Waals surface area contributed by atoms with Crippen LogP contribution >= 0.6 is 0 Å². The van der Waals surface area contributed by atoms with Gasteiger partial charge in [-0.25, -0.2) is 0 Å². The minimum absolute atomic E-state index is 0.0672. The van der Waals surface area contributed by atoms with E-state index in [0.29, 0.717) is 0 Å². The highest BCUT2D eigenvalue weighted by molar-refractivity contribution is 5.74. The minimum atomic E-state index is -0.0672. The van der Waals surface area contributed by atoms with Crippen LogP contribution in [-0.2, 0) is 4.79 Å². The number of hydrogen-bond donors (Lipinski definition) is 2. The normalized spacial score (nSPS) is 15.5. The van der Waals surface area contributed by atoms with Crippen LogP contribution in [0.25, 0.3) is 0 Å².